The largest absolute Gasteiger partial charge is 0.550 e. The summed E-state index contributed by atoms with van der Waals surface area (Å²) < 4.78 is 0. The molecule has 1 aliphatic carbocycles. The van der Waals surface area contributed by atoms with Crippen LogP contribution in [0.2, 0.25) is 0 Å². The van der Waals surface area contributed by atoms with Crippen LogP contribution in [0.4, 0.5) is 0 Å². The summed E-state index contributed by atoms with van der Waals surface area (Å²) in [7, 11) is 0. The minimum atomic E-state index is -1.70. The first-order valence-corrected chi connectivity index (χ1v) is 5.50. The van der Waals surface area contributed by atoms with E-state index >= 15 is 0 Å². The molecule has 0 aromatic rings. The number of allylic oxidation sites excluding steroid dienone is 1. The molecule has 0 amide bonds. The topological polar surface area (TPSA) is 118 Å². The van der Waals surface area contributed by atoms with E-state index in [-0.39, 0.29) is 24.2 Å². The molecule has 0 heterocycles. The van der Waals surface area contributed by atoms with Crippen LogP contribution in [0.1, 0.15) is 33.1 Å². The van der Waals surface area contributed by atoms with E-state index in [1.807, 2.05) is 0 Å². The molecule has 1 aliphatic rings. The van der Waals surface area contributed by atoms with Crippen molar-refractivity contribution in [2.75, 3.05) is 0 Å². The van der Waals surface area contributed by atoms with Crippen LogP contribution >= 0.6 is 0 Å². The number of rotatable bonds is 4. The van der Waals surface area contributed by atoms with Crippen LogP contribution in [-0.4, -0.2) is 22.8 Å². The second-order valence-electron chi connectivity index (χ2n) is 5.25. The van der Waals surface area contributed by atoms with Gasteiger partial charge >= 0.3 is 0 Å². The van der Waals surface area contributed by atoms with Crippen LogP contribution in [0.15, 0.2) is 11.3 Å². The van der Waals surface area contributed by atoms with Crippen LogP contribution in [0.5, 0.6) is 0 Å². The average Bonchev–Trinajstić information content (AvgIpc) is 2.11. The Bertz CT molecular complexity index is 432. The van der Waals surface area contributed by atoms with Crippen molar-refractivity contribution in [2.45, 2.75) is 33.1 Å². The van der Waals surface area contributed by atoms with Gasteiger partial charge in [0, 0.05) is 36.3 Å². The van der Waals surface area contributed by atoms with Gasteiger partial charge in [0.1, 0.15) is 5.76 Å². The second-order valence-corrected chi connectivity index (χ2v) is 5.25. The Balaban J connectivity index is 3.15. The van der Waals surface area contributed by atoms with Crippen molar-refractivity contribution >= 4 is 17.7 Å². The zero-order chi connectivity index (χ0) is 14.1. The van der Waals surface area contributed by atoms with Gasteiger partial charge in [-0.25, -0.2) is 0 Å². The predicted molar refractivity (Wildman–Crippen MR) is 55.8 cm³/mol. The fourth-order valence-corrected chi connectivity index (χ4v) is 2.17. The molecule has 0 aliphatic heterocycles. The van der Waals surface area contributed by atoms with E-state index in [4.69, 9.17) is 0 Å². The lowest BCUT2D eigenvalue weighted by atomic mass is 9.73. The van der Waals surface area contributed by atoms with Crippen LogP contribution in [0, 0.1) is 11.3 Å². The Morgan fingerprint density at radius 1 is 1.33 bits per heavy atom. The van der Waals surface area contributed by atoms with Crippen molar-refractivity contribution < 1.29 is 29.7 Å². The second kappa shape index (κ2) is 4.80. The van der Waals surface area contributed by atoms with Crippen molar-refractivity contribution in [3.05, 3.63) is 11.3 Å². The summed E-state index contributed by atoms with van der Waals surface area (Å²) in [4.78, 5) is 33.2. The lowest BCUT2D eigenvalue weighted by molar-refractivity contribution is -0.319. The van der Waals surface area contributed by atoms with Gasteiger partial charge in [0.05, 0.1) is 0 Å². The summed E-state index contributed by atoms with van der Waals surface area (Å²) in [5, 5.41) is 31.1. The van der Waals surface area contributed by atoms with Crippen LogP contribution in [0.3, 0.4) is 0 Å². The van der Waals surface area contributed by atoms with E-state index in [1.165, 1.54) is 0 Å². The fourth-order valence-electron chi connectivity index (χ4n) is 2.17. The number of Topliss-reactive ketones (excluding diaryl/α,β-unsaturated/α-hetero) is 1. The molecule has 0 saturated carbocycles. The van der Waals surface area contributed by atoms with Gasteiger partial charge in [-0.15, -0.1) is 0 Å². The normalized spacial score (nSPS) is 20.7. The number of aliphatic hydroxyl groups is 1. The molecule has 0 fully saturated rings. The molecular formula is C12H14O6-2. The molecule has 0 bridgehead atoms. The lowest BCUT2D eigenvalue weighted by Crippen LogP contribution is -2.41. The van der Waals surface area contributed by atoms with Crippen molar-refractivity contribution in [1.29, 1.82) is 0 Å². The molecule has 0 aromatic carbocycles. The minimum Gasteiger partial charge on any atom is -0.550 e. The van der Waals surface area contributed by atoms with Crippen LogP contribution in [0.25, 0.3) is 0 Å². The average molecular weight is 254 g/mol. The van der Waals surface area contributed by atoms with Crippen LogP contribution in [-0.2, 0) is 14.4 Å². The Labute approximate surface area is 104 Å². The monoisotopic (exact) mass is 254 g/mol. The molecule has 0 unspecified atom stereocenters. The number of hydrogen-bond donors (Lipinski definition) is 1. The number of ketones is 1. The zero-order valence-electron chi connectivity index (χ0n) is 10.2. The van der Waals surface area contributed by atoms with E-state index < -0.39 is 35.5 Å². The number of hydrogen-bond acceptors (Lipinski definition) is 6. The van der Waals surface area contributed by atoms with E-state index in [1.54, 1.807) is 13.8 Å². The van der Waals surface area contributed by atoms with Gasteiger partial charge in [-0.05, 0) is 11.8 Å². The van der Waals surface area contributed by atoms with Gasteiger partial charge in [0.15, 0.2) is 5.78 Å². The third-order valence-electron chi connectivity index (χ3n) is 2.90. The molecule has 6 nitrogen and oxygen atoms in total. The first-order valence-electron chi connectivity index (χ1n) is 5.50. The number of carboxylic acid groups (broad SMARTS) is 2. The van der Waals surface area contributed by atoms with Gasteiger partial charge in [-0.2, -0.15) is 0 Å². The summed E-state index contributed by atoms with van der Waals surface area (Å²) in [5.74, 6) is -5.89. The smallest absolute Gasteiger partial charge is 0.163 e. The molecule has 6 heteroatoms. The lowest BCUT2D eigenvalue weighted by Gasteiger charge is -2.33. The van der Waals surface area contributed by atoms with Gasteiger partial charge in [-0.3, -0.25) is 4.79 Å². The van der Waals surface area contributed by atoms with E-state index in [2.05, 4.69) is 0 Å². The van der Waals surface area contributed by atoms with Gasteiger partial charge in [-0.1, -0.05) is 13.8 Å². The Morgan fingerprint density at radius 3 is 2.28 bits per heavy atom. The maximum atomic E-state index is 11.8. The summed E-state index contributed by atoms with van der Waals surface area (Å²) >= 11 is 0. The van der Waals surface area contributed by atoms with Gasteiger partial charge in [0.25, 0.3) is 0 Å². The van der Waals surface area contributed by atoms with Crippen molar-refractivity contribution in [3.8, 4) is 0 Å². The SMILES string of the molecule is CC1(C)CC(=O)C([C@@H](CC(=O)[O-])C(=O)[O-])=C(O)C1. The molecule has 0 aromatic heterocycles. The maximum Gasteiger partial charge on any atom is 0.163 e. The summed E-state index contributed by atoms with van der Waals surface area (Å²) in [6.07, 6.45) is -0.692. The number of aliphatic carboxylic acids is 2. The highest BCUT2D eigenvalue weighted by Crippen LogP contribution is 2.38. The van der Waals surface area contributed by atoms with E-state index in [0.29, 0.717) is 0 Å². The standard InChI is InChI=1S/C12H16O6/c1-12(2)4-7(13)10(8(14)5-12)6(11(17)18)3-9(15)16/h6,13H,3-5H2,1-2H3,(H,15,16)(H,17,18)/p-2/t6-/m1/s1. The number of carbonyl (C=O) groups is 3. The van der Waals surface area contributed by atoms with Gasteiger partial charge in [0.2, 0.25) is 0 Å². The molecular weight excluding hydrogens is 240 g/mol. The van der Waals surface area contributed by atoms with Crippen LogP contribution < -0.4 is 10.2 Å². The van der Waals surface area contributed by atoms with Crippen molar-refractivity contribution in [3.63, 3.8) is 0 Å². The minimum absolute atomic E-state index is 0.0588. The summed E-state index contributed by atoms with van der Waals surface area (Å²) in [6.45, 7) is 3.51. The number of aliphatic hydroxyl groups excluding tert-OH is 1. The number of carboxylic acids is 2. The number of carbonyl (C=O) groups excluding carboxylic acids is 3. The highest BCUT2D eigenvalue weighted by molar-refractivity contribution is 6.02. The van der Waals surface area contributed by atoms with E-state index in [9.17, 15) is 29.7 Å². The van der Waals surface area contributed by atoms with E-state index in [0.717, 1.165) is 0 Å². The molecule has 1 N–H and O–H groups in total. The van der Waals surface area contributed by atoms with Crippen molar-refractivity contribution in [1.82, 2.24) is 0 Å². The molecule has 1 atom stereocenters. The molecule has 100 valence electrons. The molecule has 0 spiro atoms. The molecule has 0 saturated heterocycles. The third-order valence-corrected chi connectivity index (χ3v) is 2.90. The predicted octanol–water partition coefficient (Wildman–Crippen LogP) is -1.31. The van der Waals surface area contributed by atoms with Crippen molar-refractivity contribution in [2.24, 2.45) is 11.3 Å². The fraction of sp³-hybridized carbons (Fsp3) is 0.583. The summed E-state index contributed by atoms with van der Waals surface area (Å²) in [6, 6.07) is 0. The quantitative estimate of drug-likeness (QED) is 0.665. The summed E-state index contributed by atoms with van der Waals surface area (Å²) in [5.41, 5.74) is -0.832. The zero-order valence-corrected chi connectivity index (χ0v) is 10.2. The Kier molecular flexibility index (Phi) is 3.79. The first kappa shape index (κ1) is 14.2. The molecule has 18 heavy (non-hydrogen) atoms. The molecule has 0 radical (unpaired) electrons. The highest BCUT2D eigenvalue weighted by Gasteiger charge is 2.36. The third kappa shape index (κ3) is 3.09. The Hall–Kier alpha value is -1.85. The molecule has 1 rings (SSSR count). The first-order chi connectivity index (χ1) is 8.14. The highest BCUT2D eigenvalue weighted by atomic mass is 16.4. The van der Waals surface area contributed by atoms with Gasteiger partial charge < -0.3 is 24.9 Å². The maximum absolute atomic E-state index is 11.8. The Morgan fingerprint density at radius 2 is 1.89 bits per heavy atom.